The molecule has 3 aromatic heterocycles. The van der Waals surface area contributed by atoms with Gasteiger partial charge in [0.05, 0.1) is 30.6 Å². The van der Waals surface area contributed by atoms with Crippen molar-refractivity contribution < 1.29 is 36.2 Å². The molecule has 2 fully saturated rings. The lowest BCUT2D eigenvalue weighted by Gasteiger charge is -2.25. The molecule has 0 radical (unpaired) electrons. The SMILES string of the molecule is COCC1(F)CCN(CC2(COc3nc4c5c(nc(-c6cc(N)nc(C)c6C(F)(F)F)c(F)c5n3)OC(C)CCNCCN4)CC2)C1. The number of nitrogens with zero attached hydrogens (tertiary/aromatic N) is 5. The summed E-state index contributed by atoms with van der Waals surface area (Å²) in [6, 6.07) is 0.788. The lowest BCUT2D eigenvalue weighted by atomic mass is 10.0. The van der Waals surface area contributed by atoms with Gasteiger partial charge in [0, 0.05) is 50.8 Å². The second-order valence-electron chi connectivity index (χ2n) is 12.9. The van der Waals surface area contributed by atoms with Crippen LogP contribution in [0.4, 0.5) is 33.6 Å². The quantitative estimate of drug-likeness (QED) is 0.293. The number of likely N-dealkylation sites (tertiary alicyclic amines) is 1. The number of aryl methyl sites for hydroxylation is 1. The Labute approximate surface area is 268 Å². The standard InChI is InChI=1S/C31H39F5N8O3/c1-17-4-8-38-9-10-39-26-21-25(23(32)24(41-27(21)47-17)19-12-20(37)40-18(2)22(19)31(34,35)36)42-28(43-26)46-15-29(5-6-29)13-44-11-7-30(33,14-44)16-45-3/h12,17,38H,4-11,13-16H2,1-3H3,(H2,37,40)(H,39,42,43). The van der Waals surface area contributed by atoms with Gasteiger partial charge >= 0.3 is 12.2 Å². The number of alkyl halides is 4. The first kappa shape index (κ1) is 33.3. The van der Waals surface area contributed by atoms with Gasteiger partial charge < -0.3 is 30.6 Å². The molecule has 4 N–H and O–H groups in total. The van der Waals surface area contributed by atoms with Crippen LogP contribution in [0.5, 0.6) is 11.9 Å². The van der Waals surface area contributed by atoms with Gasteiger partial charge in [-0.25, -0.2) is 18.7 Å². The number of aromatic nitrogens is 4. The molecule has 47 heavy (non-hydrogen) atoms. The number of hydrogen-bond acceptors (Lipinski definition) is 11. The van der Waals surface area contributed by atoms with E-state index in [2.05, 4.69) is 35.5 Å². The first-order chi connectivity index (χ1) is 22.3. The zero-order valence-corrected chi connectivity index (χ0v) is 26.6. The number of hydrogen-bond donors (Lipinski definition) is 3. The highest BCUT2D eigenvalue weighted by atomic mass is 19.4. The number of halogens is 5. The molecule has 6 rings (SSSR count). The van der Waals surface area contributed by atoms with Crippen LogP contribution in [-0.4, -0.2) is 96.2 Å². The van der Waals surface area contributed by atoms with Gasteiger partial charge in [-0.15, -0.1) is 0 Å². The third-order valence-electron chi connectivity index (χ3n) is 8.93. The van der Waals surface area contributed by atoms with Gasteiger partial charge in [0.1, 0.15) is 33.9 Å². The summed E-state index contributed by atoms with van der Waals surface area (Å²) >= 11 is 0. The lowest BCUT2D eigenvalue weighted by Crippen LogP contribution is -2.37. The summed E-state index contributed by atoms with van der Waals surface area (Å²) in [5, 5.41) is 6.52. The molecule has 1 saturated heterocycles. The second-order valence-corrected chi connectivity index (χ2v) is 12.9. The largest absolute Gasteiger partial charge is 0.474 e. The Balaban J connectivity index is 1.41. The van der Waals surface area contributed by atoms with Crippen molar-refractivity contribution in [1.82, 2.24) is 30.2 Å². The van der Waals surface area contributed by atoms with Crippen LogP contribution in [0.1, 0.15) is 43.9 Å². The van der Waals surface area contributed by atoms with Gasteiger partial charge in [0.25, 0.3) is 0 Å². The Hall–Kier alpha value is -3.63. The molecule has 11 nitrogen and oxygen atoms in total. The molecule has 2 atom stereocenters. The van der Waals surface area contributed by atoms with Gasteiger partial charge in [-0.1, -0.05) is 0 Å². The van der Waals surface area contributed by atoms with Crippen molar-refractivity contribution in [1.29, 1.82) is 0 Å². The van der Waals surface area contributed by atoms with Crippen molar-refractivity contribution in [3.05, 3.63) is 23.1 Å². The van der Waals surface area contributed by atoms with Crippen molar-refractivity contribution >= 4 is 22.5 Å². The normalized spacial score (nSPS) is 23.2. The second kappa shape index (κ2) is 12.8. The van der Waals surface area contributed by atoms with Gasteiger partial charge in [-0.3, -0.25) is 4.90 Å². The Morgan fingerprint density at radius 2 is 1.89 bits per heavy atom. The van der Waals surface area contributed by atoms with Gasteiger partial charge in [-0.05, 0) is 52.1 Å². The highest BCUT2D eigenvalue weighted by molar-refractivity contribution is 5.96. The molecule has 0 aromatic carbocycles. The van der Waals surface area contributed by atoms with Crippen molar-refractivity contribution in [2.24, 2.45) is 5.41 Å². The van der Waals surface area contributed by atoms with Crippen molar-refractivity contribution in [2.75, 3.05) is 70.6 Å². The number of anilines is 2. The minimum Gasteiger partial charge on any atom is -0.474 e. The number of ether oxygens (including phenoxy) is 3. The van der Waals surface area contributed by atoms with E-state index in [4.69, 9.17) is 19.9 Å². The average Bonchev–Trinajstić information content (AvgIpc) is 3.66. The van der Waals surface area contributed by atoms with Crippen LogP contribution >= 0.6 is 0 Å². The highest BCUT2D eigenvalue weighted by Crippen LogP contribution is 2.48. The molecule has 0 spiro atoms. The molecule has 0 amide bonds. The van der Waals surface area contributed by atoms with E-state index >= 15 is 8.78 Å². The highest BCUT2D eigenvalue weighted by Gasteiger charge is 2.48. The van der Waals surface area contributed by atoms with Crippen LogP contribution in [0.2, 0.25) is 0 Å². The molecule has 1 saturated carbocycles. The molecular formula is C31H39F5N8O3. The minimum atomic E-state index is -4.88. The smallest absolute Gasteiger partial charge is 0.418 e. The first-order valence-electron chi connectivity index (χ1n) is 15.7. The summed E-state index contributed by atoms with van der Waals surface area (Å²) < 4.78 is 91.8. The fraction of sp³-hybridized carbons (Fsp3) is 0.613. The fourth-order valence-electron chi connectivity index (χ4n) is 6.41. The van der Waals surface area contributed by atoms with E-state index in [0.717, 1.165) is 25.8 Å². The van der Waals surface area contributed by atoms with Crippen LogP contribution < -0.4 is 25.8 Å². The monoisotopic (exact) mass is 666 g/mol. The average molecular weight is 667 g/mol. The van der Waals surface area contributed by atoms with Gasteiger partial charge in [0.2, 0.25) is 5.88 Å². The Morgan fingerprint density at radius 1 is 1.11 bits per heavy atom. The lowest BCUT2D eigenvalue weighted by molar-refractivity contribution is -0.137. The molecular weight excluding hydrogens is 627 g/mol. The first-order valence-corrected chi connectivity index (χ1v) is 15.7. The van der Waals surface area contributed by atoms with E-state index < -0.39 is 46.3 Å². The zero-order chi connectivity index (χ0) is 33.6. The van der Waals surface area contributed by atoms with E-state index in [1.807, 2.05) is 0 Å². The summed E-state index contributed by atoms with van der Waals surface area (Å²) in [7, 11) is 1.48. The number of nitrogen functional groups attached to an aromatic ring is 1. The van der Waals surface area contributed by atoms with E-state index in [0.29, 0.717) is 45.6 Å². The number of pyridine rings is 2. The van der Waals surface area contributed by atoms with Crippen molar-refractivity contribution in [2.45, 2.75) is 57.5 Å². The maximum atomic E-state index is 16.6. The van der Waals surface area contributed by atoms with Crippen molar-refractivity contribution in [3.8, 4) is 23.1 Å². The maximum absolute atomic E-state index is 16.6. The Kier molecular flexibility index (Phi) is 9.04. The predicted octanol–water partition coefficient (Wildman–Crippen LogP) is 4.53. The summed E-state index contributed by atoms with van der Waals surface area (Å²) in [6.07, 6.45) is -2.69. The van der Waals surface area contributed by atoms with Gasteiger partial charge in [-0.2, -0.15) is 23.1 Å². The van der Waals surface area contributed by atoms with Crippen LogP contribution in [-0.2, 0) is 10.9 Å². The zero-order valence-electron chi connectivity index (χ0n) is 26.6. The van der Waals surface area contributed by atoms with E-state index in [-0.39, 0.29) is 59.6 Å². The number of methoxy groups -OCH3 is 1. The Morgan fingerprint density at radius 3 is 2.62 bits per heavy atom. The molecule has 16 heteroatoms. The summed E-state index contributed by atoms with van der Waals surface area (Å²) in [4.78, 5) is 19.1. The molecule has 5 heterocycles. The molecule has 256 valence electrons. The summed E-state index contributed by atoms with van der Waals surface area (Å²) in [5.74, 6) is -1.30. The molecule has 2 unspecified atom stereocenters. The van der Waals surface area contributed by atoms with Crippen LogP contribution in [0.25, 0.3) is 22.2 Å². The van der Waals surface area contributed by atoms with E-state index in [1.54, 1.807) is 6.92 Å². The predicted molar refractivity (Wildman–Crippen MR) is 165 cm³/mol. The maximum Gasteiger partial charge on any atom is 0.418 e. The molecule has 0 bridgehead atoms. The Bertz CT molecular complexity index is 1640. The van der Waals surface area contributed by atoms with E-state index in [9.17, 15) is 13.2 Å². The van der Waals surface area contributed by atoms with E-state index in [1.165, 1.54) is 7.11 Å². The van der Waals surface area contributed by atoms with Crippen LogP contribution in [0.15, 0.2) is 6.07 Å². The molecule has 2 aliphatic heterocycles. The minimum absolute atomic E-state index is 0.0340. The van der Waals surface area contributed by atoms with Crippen molar-refractivity contribution in [3.63, 3.8) is 0 Å². The summed E-state index contributed by atoms with van der Waals surface area (Å²) in [6.45, 7) is 6.18. The summed E-state index contributed by atoms with van der Waals surface area (Å²) in [5.41, 5.74) is 1.08. The number of nitrogens with two attached hydrogens (primary N) is 1. The topological polar surface area (TPSA) is 133 Å². The third kappa shape index (κ3) is 7.14. The van der Waals surface area contributed by atoms with Gasteiger partial charge in [0.15, 0.2) is 5.82 Å². The molecule has 3 aromatic rings. The molecule has 1 aliphatic carbocycles. The number of nitrogens with one attached hydrogen (secondary N) is 2. The van der Waals surface area contributed by atoms with Crippen LogP contribution in [0.3, 0.4) is 0 Å². The number of rotatable bonds is 8. The third-order valence-corrected chi connectivity index (χ3v) is 8.93. The molecule has 3 aliphatic rings. The fourth-order valence-corrected chi connectivity index (χ4v) is 6.41. The van der Waals surface area contributed by atoms with Crippen LogP contribution in [0, 0.1) is 18.2 Å².